The van der Waals surface area contributed by atoms with Crippen LogP contribution in [0, 0.1) is 0 Å². The SMILES string of the molecule is CCCCCCOC(=O)c1ccc(C(=O)OCCOc2ccccc2)cc1. The molecule has 0 bridgehead atoms. The van der Waals surface area contributed by atoms with Gasteiger partial charge in [0.25, 0.3) is 0 Å². The highest BCUT2D eigenvalue weighted by Crippen LogP contribution is 2.10. The zero-order chi connectivity index (χ0) is 19.3. The summed E-state index contributed by atoms with van der Waals surface area (Å²) in [6.45, 7) is 2.98. The lowest BCUT2D eigenvalue weighted by Gasteiger charge is -2.08. The zero-order valence-corrected chi connectivity index (χ0v) is 15.7. The molecule has 0 spiro atoms. The van der Waals surface area contributed by atoms with Gasteiger partial charge in [-0.2, -0.15) is 0 Å². The summed E-state index contributed by atoms with van der Waals surface area (Å²) < 4.78 is 15.9. The lowest BCUT2D eigenvalue weighted by Crippen LogP contribution is -2.13. The van der Waals surface area contributed by atoms with E-state index in [1.807, 2.05) is 30.3 Å². The molecule has 0 fully saturated rings. The number of benzene rings is 2. The Morgan fingerprint density at radius 2 is 1.30 bits per heavy atom. The van der Waals surface area contributed by atoms with Crippen molar-refractivity contribution in [1.29, 1.82) is 0 Å². The zero-order valence-electron chi connectivity index (χ0n) is 15.7. The predicted octanol–water partition coefficient (Wildman–Crippen LogP) is 4.66. The number of carbonyl (C=O) groups excluding carboxylic acids is 2. The molecule has 5 heteroatoms. The number of ether oxygens (including phenoxy) is 3. The van der Waals surface area contributed by atoms with Crippen molar-refractivity contribution < 1.29 is 23.8 Å². The molecule has 144 valence electrons. The first-order chi connectivity index (χ1) is 13.2. The van der Waals surface area contributed by atoms with E-state index in [2.05, 4.69) is 6.92 Å². The normalized spacial score (nSPS) is 10.3. The van der Waals surface area contributed by atoms with Crippen molar-refractivity contribution in [3.8, 4) is 5.75 Å². The molecule has 27 heavy (non-hydrogen) atoms. The molecular weight excluding hydrogens is 344 g/mol. The Kier molecular flexibility index (Phi) is 8.90. The number of hydrogen-bond donors (Lipinski definition) is 0. The average Bonchev–Trinajstić information content (AvgIpc) is 2.71. The third kappa shape index (κ3) is 7.52. The summed E-state index contributed by atoms with van der Waals surface area (Å²) in [6, 6.07) is 15.6. The molecule has 0 aliphatic rings. The summed E-state index contributed by atoms with van der Waals surface area (Å²) in [6.07, 6.45) is 4.21. The fraction of sp³-hybridized carbons (Fsp3) is 0.364. The van der Waals surface area contributed by atoms with Crippen LogP contribution >= 0.6 is 0 Å². The molecule has 0 heterocycles. The number of unbranched alkanes of at least 4 members (excludes halogenated alkanes) is 3. The fourth-order valence-electron chi connectivity index (χ4n) is 2.41. The topological polar surface area (TPSA) is 61.8 Å². The lowest BCUT2D eigenvalue weighted by atomic mass is 10.1. The Bertz CT molecular complexity index is 694. The molecule has 2 aromatic carbocycles. The van der Waals surface area contributed by atoms with Crippen LogP contribution in [0.2, 0.25) is 0 Å². The second-order valence-corrected chi connectivity index (χ2v) is 6.07. The summed E-state index contributed by atoms with van der Waals surface area (Å²) >= 11 is 0. The van der Waals surface area contributed by atoms with Crippen molar-refractivity contribution in [2.75, 3.05) is 19.8 Å². The van der Waals surface area contributed by atoms with Gasteiger partial charge in [0.1, 0.15) is 19.0 Å². The molecule has 0 saturated carbocycles. The van der Waals surface area contributed by atoms with E-state index in [-0.39, 0.29) is 19.2 Å². The van der Waals surface area contributed by atoms with Gasteiger partial charge in [-0.25, -0.2) is 9.59 Å². The molecule has 0 atom stereocenters. The van der Waals surface area contributed by atoms with Gasteiger partial charge in [0.05, 0.1) is 17.7 Å². The summed E-state index contributed by atoms with van der Waals surface area (Å²) in [5, 5.41) is 0. The molecule has 0 radical (unpaired) electrons. The number of rotatable bonds is 11. The van der Waals surface area contributed by atoms with Crippen molar-refractivity contribution in [2.24, 2.45) is 0 Å². The average molecular weight is 370 g/mol. The van der Waals surface area contributed by atoms with Crippen molar-refractivity contribution in [2.45, 2.75) is 32.6 Å². The summed E-state index contributed by atoms with van der Waals surface area (Å²) in [4.78, 5) is 24.0. The van der Waals surface area contributed by atoms with Gasteiger partial charge in [-0.1, -0.05) is 44.4 Å². The molecular formula is C22H26O5. The van der Waals surface area contributed by atoms with Crippen LogP contribution in [0.15, 0.2) is 54.6 Å². The molecule has 0 aromatic heterocycles. The van der Waals surface area contributed by atoms with Crippen LogP contribution in [-0.2, 0) is 9.47 Å². The molecule has 2 rings (SSSR count). The Labute approximate surface area is 160 Å². The second kappa shape index (κ2) is 11.7. The number of para-hydroxylation sites is 1. The van der Waals surface area contributed by atoms with E-state index in [0.29, 0.717) is 17.7 Å². The Morgan fingerprint density at radius 1 is 0.704 bits per heavy atom. The van der Waals surface area contributed by atoms with E-state index in [1.165, 1.54) is 0 Å². The molecule has 0 amide bonds. The van der Waals surface area contributed by atoms with Gasteiger partial charge in [0.2, 0.25) is 0 Å². The molecule has 2 aromatic rings. The molecule has 0 aliphatic carbocycles. The van der Waals surface area contributed by atoms with Gasteiger partial charge in [-0.15, -0.1) is 0 Å². The minimum Gasteiger partial charge on any atom is -0.490 e. The molecule has 0 saturated heterocycles. The van der Waals surface area contributed by atoms with E-state index in [4.69, 9.17) is 14.2 Å². The minimum atomic E-state index is -0.453. The Balaban J connectivity index is 1.70. The molecule has 0 unspecified atom stereocenters. The van der Waals surface area contributed by atoms with Crippen molar-refractivity contribution in [3.05, 3.63) is 65.7 Å². The quantitative estimate of drug-likeness (QED) is 0.425. The lowest BCUT2D eigenvalue weighted by molar-refractivity contribution is 0.0447. The number of carbonyl (C=O) groups is 2. The summed E-state index contributed by atoms with van der Waals surface area (Å²) in [5.74, 6) is -0.0973. The maximum Gasteiger partial charge on any atom is 0.338 e. The molecule has 0 aliphatic heterocycles. The monoisotopic (exact) mass is 370 g/mol. The van der Waals surface area contributed by atoms with Crippen LogP contribution in [0.3, 0.4) is 0 Å². The largest absolute Gasteiger partial charge is 0.490 e. The summed E-state index contributed by atoms with van der Waals surface area (Å²) in [5.41, 5.74) is 0.809. The third-order valence-electron chi connectivity index (χ3n) is 3.92. The first kappa shape index (κ1) is 20.5. The highest BCUT2D eigenvalue weighted by Gasteiger charge is 2.11. The minimum absolute atomic E-state index is 0.148. The van der Waals surface area contributed by atoms with Gasteiger partial charge < -0.3 is 14.2 Å². The van der Waals surface area contributed by atoms with Gasteiger partial charge in [0, 0.05) is 0 Å². The first-order valence-corrected chi connectivity index (χ1v) is 9.33. The third-order valence-corrected chi connectivity index (χ3v) is 3.92. The van der Waals surface area contributed by atoms with Gasteiger partial charge in [0.15, 0.2) is 0 Å². The maximum atomic E-state index is 12.0. The van der Waals surface area contributed by atoms with Crippen LogP contribution in [0.1, 0.15) is 53.3 Å². The van der Waals surface area contributed by atoms with Crippen LogP contribution in [-0.4, -0.2) is 31.8 Å². The maximum absolute atomic E-state index is 12.0. The standard InChI is InChI=1S/C22H26O5/c1-2-3-4-8-15-26-21(23)18-11-13-19(14-12-18)22(24)27-17-16-25-20-9-6-5-7-10-20/h5-7,9-14H,2-4,8,15-17H2,1H3. The summed E-state index contributed by atoms with van der Waals surface area (Å²) in [7, 11) is 0. The molecule has 0 N–H and O–H groups in total. The van der Waals surface area contributed by atoms with E-state index in [0.717, 1.165) is 31.4 Å². The van der Waals surface area contributed by atoms with Gasteiger partial charge in [-0.3, -0.25) is 0 Å². The number of hydrogen-bond acceptors (Lipinski definition) is 5. The van der Waals surface area contributed by atoms with Gasteiger partial charge in [-0.05, 0) is 42.8 Å². The Morgan fingerprint density at radius 3 is 1.89 bits per heavy atom. The molecule has 5 nitrogen and oxygen atoms in total. The van der Waals surface area contributed by atoms with E-state index < -0.39 is 5.97 Å². The van der Waals surface area contributed by atoms with Crippen molar-refractivity contribution >= 4 is 11.9 Å². The predicted molar refractivity (Wildman–Crippen MR) is 103 cm³/mol. The first-order valence-electron chi connectivity index (χ1n) is 9.33. The Hall–Kier alpha value is -2.82. The van der Waals surface area contributed by atoms with Crippen LogP contribution in [0.5, 0.6) is 5.75 Å². The van der Waals surface area contributed by atoms with Crippen molar-refractivity contribution in [1.82, 2.24) is 0 Å². The highest BCUT2D eigenvalue weighted by atomic mass is 16.6. The smallest absolute Gasteiger partial charge is 0.338 e. The van der Waals surface area contributed by atoms with Crippen molar-refractivity contribution in [3.63, 3.8) is 0 Å². The van der Waals surface area contributed by atoms with Gasteiger partial charge >= 0.3 is 11.9 Å². The van der Waals surface area contributed by atoms with Crippen LogP contribution < -0.4 is 4.74 Å². The van der Waals surface area contributed by atoms with E-state index >= 15 is 0 Å². The van der Waals surface area contributed by atoms with E-state index in [1.54, 1.807) is 24.3 Å². The van der Waals surface area contributed by atoms with Crippen LogP contribution in [0.4, 0.5) is 0 Å². The number of esters is 2. The second-order valence-electron chi connectivity index (χ2n) is 6.07. The van der Waals surface area contributed by atoms with Crippen LogP contribution in [0.25, 0.3) is 0 Å². The highest BCUT2D eigenvalue weighted by molar-refractivity contribution is 5.93. The fourth-order valence-corrected chi connectivity index (χ4v) is 2.41. The van der Waals surface area contributed by atoms with E-state index in [9.17, 15) is 9.59 Å².